The largest absolute Gasteiger partial charge is 0.478 e. The van der Waals surface area contributed by atoms with Gasteiger partial charge in [-0.15, -0.1) is 0 Å². The van der Waals surface area contributed by atoms with E-state index in [1.54, 1.807) is 0 Å². The van der Waals surface area contributed by atoms with Gasteiger partial charge in [-0.05, 0) is 25.1 Å². The molecule has 5 heteroatoms. The summed E-state index contributed by atoms with van der Waals surface area (Å²) in [4.78, 5) is 10.5. The molecule has 0 aliphatic rings. The summed E-state index contributed by atoms with van der Waals surface area (Å²) in [5, 5.41) is 20.2. The number of carboxylic acids is 1. The third kappa shape index (κ3) is 3.61. The number of halogens is 1. The molecule has 0 radical (unpaired) electrons. The van der Waals surface area contributed by atoms with Crippen molar-refractivity contribution in [2.45, 2.75) is 6.92 Å². The van der Waals surface area contributed by atoms with Gasteiger partial charge >= 0.3 is 5.97 Å². The van der Waals surface area contributed by atoms with Gasteiger partial charge in [-0.3, -0.25) is 0 Å². The molecule has 0 aliphatic heterocycles. The molecule has 0 saturated heterocycles. The SMILES string of the molecule is C/C(=C/CNc1ccc(F)cc1C#N)C(=O)O. The predicted octanol–water partition coefficient (Wildman–Crippen LogP) is 2.14. The van der Waals surface area contributed by atoms with Gasteiger partial charge in [-0.2, -0.15) is 5.26 Å². The average molecular weight is 234 g/mol. The van der Waals surface area contributed by atoms with E-state index in [2.05, 4.69) is 5.32 Å². The number of hydrogen-bond donors (Lipinski definition) is 2. The number of benzene rings is 1. The zero-order valence-corrected chi connectivity index (χ0v) is 9.20. The summed E-state index contributed by atoms with van der Waals surface area (Å²) in [6.45, 7) is 1.73. The number of nitriles is 1. The number of rotatable bonds is 4. The summed E-state index contributed by atoms with van der Waals surface area (Å²) in [5.41, 5.74) is 0.868. The fourth-order valence-electron chi connectivity index (χ4n) is 1.16. The van der Waals surface area contributed by atoms with Crippen molar-refractivity contribution in [3.63, 3.8) is 0 Å². The molecule has 0 heterocycles. The highest BCUT2D eigenvalue weighted by atomic mass is 19.1. The highest BCUT2D eigenvalue weighted by Gasteiger charge is 2.03. The third-order valence-corrected chi connectivity index (χ3v) is 2.14. The fraction of sp³-hybridized carbons (Fsp3) is 0.167. The van der Waals surface area contributed by atoms with Crippen LogP contribution in [0.15, 0.2) is 29.8 Å². The molecule has 88 valence electrons. The zero-order chi connectivity index (χ0) is 12.8. The van der Waals surface area contributed by atoms with Gasteiger partial charge in [0.25, 0.3) is 0 Å². The standard InChI is InChI=1S/C12H11FN2O2/c1-8(12(16)17)4-5-15-11-3-2-10(13)6-9(11)7-14/h2-4,6,15H,5H2,1H3,(H,16,17)/b8-4-. The second-order valence-electron chi connectivity index (χ2n) is 3.37. The second-order valence-corrected chi connectivity index (χ2v) is 3.37. The Morgan fingerprint density at radius 3 is 2.94 bits per heavy atom. The number of nitrogens with one attached hydrogen (secondary N) is 1. The van der Waals surface area contributed by atoms with Crippen LogP contribution in [0.3, 0.4) is 0 Å². The lowest BCUT2D eigenvalue weighted by Crippen LogP contribution is -2.04. The molecule has 0 fully saturated rings. The normalized spacial score (nSPS) is 10.8. The topological polar surface area (TPSA) is 73.1 Å². The molecule has 2 N–H and O–H groups in total. The van der Waals surface area contributed by atoms with Gasteiger partial charge in [0.05, 0.1) is 11.3 Å². The van der Waals surface area contributed by atoms with Crippen LogP contribution in [-0.2, 0) is 4.79 Å². The Morgan fingerprint density at radius 1 is 1.65 bits per heavy atom. The van der Waals surface area contributed by atoms with Crippen LogP contribution < -0.4 is 5.32 Å². The molecule has 0 amide bonds. The zero-order valence-electron chi connectivity index (χ0n) is 9.20. The molecule has 1 aromatic rings. The molecule has 0 saturated carbocycles. The maximum atomic E-state index is 12.8. The average Bonchev–Trinajstić information content (AvgIpc) is 2.30. The molecule has 0 atom stereocenters. The van der Waals surface area contributed by atoms with Crippen LogP contribution in [0.1, 0.15) is 12.5 Å². The van der Waals surface area contributed by atoms with E-state index in [1.807, 2.05) is 6.07 Å². The first kappa shape index (κ1) is 12.7. The van der Waals surface area contributed by atoms with Crippen LogP contribution in [0.25, 0.3) is 0 Å². The Bertz CT molecular complexity index is 504. The summed E-state index contributed by atoms with van der Waals surface area (Å²) in [6.07, 6.45) is 1.48. The lowest BCUT2D eigenvalue weighted by molar-refractivity contribution is -0.132. The van der Waals surface area contributed by atoms with E-state index in [9.17, 15) is 9.18 Å². The van der Waals surface area contributed by atoms with Crippen molar-refractivity contribution in [3.05, 3.63) is 41.2 Å². The summed E-state index contributed by atoms with van der Waals surface area (Å²) in [6, 6.07) is 5.65. The van der Waals surface area contributed by atoms with E-state index in [4.69, 9.17) is 10.4 Å². The Hall–Kier alpha value is -2.35. The van der Waals surface area contributed by atoms with E-state index in [1.165, 1.54) is 25.1 Å². The van der Waals surface area contributed by atoms with Crippen molar-refractivity contribution in [2.75, 3.05) is 11.9 Å². The van der Waals surface area contributed by atoms with E-state index in [0.717, 1.165) is 6.07 Å². The summed E-state index contributed by atoms with van der Waals surface area (Å²) < 4.78 is 12.8. The first-order valence-electron chi connectivity index (χ1n) is 4.88. The molecular weight excluding hydrogens is 223 g/mol. The molecule has 0 bridgehead atoms. The van der Waals surface area contributed by atoms with Crippen molar-refractivity contribution >= 4 is 11.7 Å². The minimum atomic E-state index is -0.994. The van der Waals surface area contributed by atoms with E-state index in [-0.39, 0.29) is 17.7 Å². The number of aliphatic carboxylic acids is 1. The second kappa shape index (κ2) is 5.66. The molecule has 1 aromatic carbocycles. The lowest BCUT2D eigenvalue weighted by atomic mass is 10.2. The molecular formula is C12H11FN2O2. The van der Waals surface area contributed by atoms with Gasteiger partial charge in [-0.1, -0.05) is 6.08 Å². The molecule has 1 rings (SSSR count). The van der Waals surface area contributed by atoms with Gasteiger partial charge in [0.15, 0.2) is 0 Å². The lowest BCUT2D eigenvalue weighted by Gasteiger charge is -2.05. The Kier molecular flexibility index (Phi) is 4.23. The highest BCUT2D eigenvalue weighted by Crippen LogP contribution is 2.15. The van der Waals surface area contributed by atoms with Gasteiger partial charge in [0.2, 0.25) is 0 Å². The molecule has 0 aromatic heterocycles. The maximum absolute atomic E-state index is 12.8. The number of carbonyl (C=O) groups is 1. The smallest absolute Gasteiger partial charge is 0.331 e. The summed E-state index contributed by atoms with van der Waals surface area (Å²) in [5.74, 6) is -1.48. The highest BCUT2D eigenvalue weighted by molar-refractivity contribution is 5.85. The molecule has 4 nitrogen and oxygen atoms in total. The number of hydrogen-bond acceptors (Lipinski definition) is 3. The van der Waals surface area contributed by atoms with Gasteiger partial charge in [0.1, 0.15) is 11.9 Å². The van der Waals surface area contributed by atoms with Gasteiger partial charge in [-0.25, -0.2) is 9.18 Å². The first-order chi connectivity index (χ1) is 8.04. The van der Waals surface area contributed by atoms with Crippen LogP contribution in [0.5, 0.6) is 0 Å². The van der Waals surface area contributed by atoms with Gasteiger partial charge < -0.3 is 10.4 Å². The summed E-state index contributed by atoms with van der Waals surface area (Å²) >= 11 is 0. The monoisotopic (exact) mass is 234 g/mol. The predicted molar refractivity (Wildman–Crippen MR) is 61.0 cm³/mol. The van der Waals surface area contributed by atoms with Crippen LogP contribution in [-0.4, -0.2) is 17.6 Å². The van der Waals surface area contributed by atoms with E-state index < -0.39 is 11.8 Å². The minimum absolute atomic E-state index is 0.186. The van der Waals surface area contributed by atoms with Crippen molar-refractivity contribution in [3.8, 4) is 6.07 Å². The van der Waals surface area contributed by atoms with Crippen molar-refractivity contribution in [1.29, 1.82) is 5.26 Å². The molecule has 0 unspecified atom stereocenters. The maximum Gasteiger partial charge on any atom is 0.331 e. The third-order valence-electron chi connectivity index (χ3n) is 2.14. The Balaban J connectivity index is 2.74. The molecule has 17 heavy (non-hydrogen) atoms. The van der Waals surface area contributed by atoms with Crippen LogP contribution in [0, 0.1) is 17.1 Å². The number of anilines is 1. The van der Waals surface area contributed by atoms with Crippen molar-refractivity contribution in [2.24, 2.45) is 0 Å². The van der Waals surface area contributed by atoms with Gasteiger partial charge in [0, 0.05) is 12.1 Å². The van der Waals surface area contributed by atoms with E-state index >= 15 is 0 Å². The Morgan fingerprint density at radius 2 is 2.35 bits per heavy atom. The van der Waals surface area contributed by atoms with Crippen LogP contribution >= 0.6 is 0 Å². The van der Waals surface area contributed by atoms with Crippen LogP contribution in [0.4, 0.5) is 10.1 Å². The summed E-state index contributed by atoms with van der Waals surface area (Å²) in [7, 11) is 0. The number of carboxylic acid groups (broad SMARTS) is 1. The van der Waals surface area contributed by atoms with Crippen LogP contribution in [0.2, 0.25) is 0 Å². The molecule has 0 aliphatic carbocycles. The fourth-order valence-corrected chi connectivity index (χ4v) is 1.16. The molecule has 0 spiro atoms. The van der Waals surface area contributed by atoms with E-state index in [0.29, 0.717) is 5.69 Å². The quantitative estimate of drug-likeness (QED) is 0.783. The Labute approximate surface area is 98.0 Å². The first-order valence-corrected chi connectivity index (χ1v) is 4.88. The van der Waals surface area contributed by atoms with Crippen molar-refractivity contribution < 1.29 is 14.3 Å². The minimum Gasteiger partial charge on any atom is -0.478 e. The number of nitrogens with zero attached hydrogens (tertiary/aromatic N) is 1. The van der Waals surface area contributed by atoms with Crippen molar-refractivity contribution in [1.82, 2.24) is 0 Å².